The van der Waals surface area contributed by atoms with Gasteiger partial charge < -0.3 is 14.7 Å². The van der Waals surface area contributed by atoms with Crippen LogP contribution in [0, 0.1) is 5.82 Å². The predicted molar refractivity (Wildman–Crippen MR) is 63.5 cm³/mol. The van der Waals surface area contributed by atoms with Gasteiger partial charge in [-0.15, -0.1) is 0 Å². The van der Waals surface area contributed by atoms with Gasteiger partial charge in [-0.3, -0.25) is 5.32 Å². The lowest BCUT2D eigenvalue weighted by Crippen LogP contribution is -2.42. The summed E-state index contributed by atoms with van der Waals surface area (Å²) < 4.78 is 19.1. The SMILES string of the molecule is C[C@@H]1CN(c2nc(NC(=O)O)ccc2F)CCO1. The molecule has 2 heterocycles. The summed E-state index contributed by atoms with van der Waals surface area (Å²) >= 11 is 0. The molecule has 1 aromatic rings. The van der Waals surface area contributed by atoms with Gasteiger partial charge >= 0.3 is 6.09 Å². The Morgan fingerprint density at radius 2 is 2.44 bits per heavy atom. The highest BCUT2D eigenvalue weighted by atomic mass is 19.1. The Kier molecular flexibility index (Phi) is 3.61. The van der Waals surface area contributed by atoms with Crippen molar-refractivity contribution < 1.29 is 19.0 Å². The first-order chi connectivity index (χ1) is 8.56. The molecule has 0 radical (unpaired) electrons. The molecule has 0 bridgehead atoms. The molecule has 0 spiro atoms. The summed E-state index contributed by atoms with van der Waals surface area (Å²) in [6.07, 6.45) is -1.23. The van der Waals surface area contributed by atoms with E-state index in [1.165, 1.54) is 12.1 Å². The van der Waals surface area contributed by atoms with E-state index in [4.69, 9.17) is 9.84 Å². The molecule has 1 aromatic heterocycles. The number of anilines is 2. The van der Waals surface area contributed by atoms with Crippen LogP contribution in [0.25, 0.3) is 0 Å². The van der Waals surface area contributed by atoms with Crippen molar-refractivity contribution in [3.8, 4) is 0 Å². The highest BCUT2D eigenvalue weighted by molar-refractivity contribution is 5.81. The standard InChI is InChI=1S/C11H14FN3O3/c1-7-6-15(4-5-18-7)10-8(12)2-3-9(13-10)14-11(16)17/h2-3,7H,4-6H2,1H3,(H,13,14)(H,16,17)/t7-/m1/s1. The van der Waals surface area contributed by atoms with Crippen molar-refractivity contribution in [3.05, 3.63) is 17.9 Å². The molecule has 1 atom stereocenters. The lowest BCUT2D eigenvalue weighted by Gasteiger charge is -2.32. The van der Waals surface area contributed by atoms with Crippen molar-refractivity contribution in [1.29, 1.82) is 0 Å². The average Bonchev–Trinajstić information content (AvgIpc) is 2.31. The van der Waals surface area contributed by atoms with Gasteiger partial charge in [0.2, 0.25) is 0 Å². The normalized spacial score (nSPS) is 19.7. The number of halogens is 1. The molecule has 2 N–H and O–H groups in total. The molecule has 1 aliphatic heterocycles. The van der Waals surface area contributed by atoms with Gasteiger partial charge in [0.1, 0.15) is 5.82 Å². The van der Waals surface area contributed by atoms with E-state index < -0.39 is 11.9 Å². The van der Waals surface area contributed by atoms with Crippen molar-refractivity contribution >= 4 is 17.7 Å². The topological polar surface area (TPSA) is 74.7 Å². The van der Waals surface area contributed by atoms with Crippen LogP contribution in [0.2, 0.25) is 0 Å². The number of nitrogens with one attached hydrogen (secondary N) is 1. The second kappa shape index (κ2) is 5.18. The monoisotopic (exact) mass is 255 g/mol. The van der Waals surface area contributed by atoms with E-state index in [-0.39, 0.29) is 17.7 Å². The van der Waals surface area contributed by atoms with Crippen molar-refractivity contribution in [2.24, 2.45) is 0 Å². The second-order valence-electron chi connectivity index (χ2n) is 4.06. The van der Waals surface area contributed by atoms with Gasteiger partial charge in [0.15, 0.2) is 11.6 Å². The van der Waals surface area contributed by atoms with Crippen molar-refractivity contribution in [2.75, 3.05) is 29.9 Å². The molecule has 1 fully saturated rings. The van der Waals surface area contributed by atoms with E-state index in [2.05, 4.69) is 10.3 Å². The Hall–Kier alpha value is -1.89. The third-order valence-corrected chi connectivity index (χ3v) is 2.60. The average molecular weight is 255 g/mol. The highest BCUT2D eigenvalue weighted by Crippen LogP contribution is 2.21. The summed E-state index contributed by atoms with van der Waals surface area (Å²) in [5, 5.41) is 10.7. The number of carbonyl (C=O) groups is 1. The van der Waals surface area contributed by atoms with Crippen LogP contribution in [0.1, 0.15) is 6.92 Å². The summed E-state index contributed by atoms with van der Waals surface area (Å²) in [4.78, 5) is 16.2. The van der Waals surface area contributed by atoms with Gasteiger partial charge in [0, 0.05) is 13.1 Å². The molecule has 98 valence electrons. The van der Waals surface area contributed by atoms with E-state index >= 15 is 0 Å². The van der Waals surface area contributed by atoms with Crippen molar-refractivity contribution in [3.63, 3.8) is 0 Å². The summed E-state index contributed by atoms with van der Waals surface area (Å²) in [5.74, 6) is -0.213. The minimum absolute atomic E-state index is 0.00367. The fraction of sp³-hybridized carbons (Fsp3) is 0.455. The lowest BCUT2D eigenvalue weighted by molar-refractivity contribution is 0.0527. The maximum absolute atomic E-state index is 13.7. The highest BCUT2D eigenvalue weighted by Gasteiger charge is 2.21. The Labute approximate surface area is 103 Å². The van der Waals surface area contributed by atoms with Crippen LogP contribution >= 0.6 is 0 Å². The first-order valence-electron chi connectivity index (χ1n) is 5.59. The zero-order chi connectivity index (χ0) is 13.1. The van der Waals surface area contributed by atoms with Crippen LogP contribution in [0.5, 0.6) is 0 Å². The number of aromatic nitrogens is 1. The van der Waals surface area contributed by atoms with Crippen molar-refractivity contribution in [1.82, 2.24) is 4.98 Å². The third-order valence-electron chi connectivity index (χ3n) is 2.60. The zero-order valence-electron chi connectivity index (χ0n) is 9.89. The summed E-state index contributed by atoms with van der Waals surface area (Å²) in [6.45, 7) is 3.45. The number of hydrogen-bond donors (Lipinski definition) is 2. The Morgan fingerprint density at radius 3 is 3.11 bits per heavy atom. The van der Waals surface area contributed by atoms with Gasteiger partial charge in [-0.05, 0) is 19.1 Å². The van der Waals surface area contributed by atoms with E-state index in [0.29, 0.717) is 19.7 Å². The maximum atomic E-state index is 13.7. The number of ether oxygens (including phenoxy) is 1. The number of nitrogens with zero attached hydrogens (tertiary/aromatic N) is 2. The number of amides is 1. The molecular formula is C11H14FN3O3. The smallest absolute Gasteiger partial charge is 0.410 e. The van der Waals surface area contributed by atoms with E-state index in [0.717, 1.165) is 0 Å². The summed E-state index contributed by atoms with van der Waals surface area (Å²) in [7, 11) is 0. The van der Waals surface area contributed by atoms with Crippen LogP contribution in [-0.4, -0.2) is 42.0 Å². The number of rotatable bonds is 2. The molecule has 7 heteroatoms. The minimum atomic E-state index is -1.23. The van der Waals surface area contributed by atoms with Crippen LogP contribution in [0.3, 0.4) is 0 Å². The van der Waals surface area contributed by atoms with Crippen LogP contribution in [-0.2, 0) is 4.74 Å². The Balaban J connectivity index is 2.22. The molecule has 0 unspecified atom stereocenters. The number of morpholine rings is 1. The fourth-order valence-electron chi connectivity index (χ4n) is 1.84. The molecule has 18 heavy (non-hydrogen) atoms. The van der Waals surface area contributed by atoms with E-state index in [9.17, 15) is 9.18 Å². The van der Waals surface area contributed by atoms with Crippen molar-refractivity contribution in [2.45, 2.75) is 13.0 Å². The Bertz CT molecular complexity index is 455. The van der Waals surface area contributed by atoms with Crippen LogP contribution in [0.15, 0.2) is 12.1 Å². The third kappa shape index (κ3) is 2.86. The molecule has 2 rings (SSSR count). The van der Waals surface area contributed by atoms with Gasteiger partial charge in [-0.2, -0.15) is 0 Å². The molecule has 0 aliphatic carbocycles. The quantitative estimate of drug-likeness (QED) is 0.838. The molecule has 1 amide bonds. The number of carboxylic acid groups (broad SMARTS) is 1. The maximum Gasteiger partial charge on any atom is 0.410 e. The van der Waals surface area contributed by atoms with E-state index in [1.807, 2.05) is 6.92 Å². The fourth-order valence-corrected chi connectivity index (χ4v) is 1.84. The zero-order valence-corrected chi connectivity index (χ0v) is 9.89. The largest absolute Gasteiger partial charge is 0.465 e. The Morgan fingerprint density at radius 1 is 1.67 bits per heavy atom. The molecule has 0 saturated carbocycles. The van der Waals surface area contributed by atoms with E-state index in [1.54, 1.807) is 4.90 Å². The van der Waals surface area contributed by atoms with Gasteiger partial charge in [-0.1, -0.05) is 0 Å². The van der Waals surface area contributed by atoms with Crippen LogP contribution < -0.4 is 10.2 Å². The van der Waals surface area contributed by atoms with Gasteiger partial charge in [-0.25, -0.2) is 14.2 Å². The summed E-state index contributed by atoms with van der Waals surface area (Å²) in [6, 6.07) is 2.49. The lowest BCUT2D eigenvalue weighted by atomic mass is 10.3. The van der Waals surface area contributed by atoms with Gasteiger partial charge in [0.25, 0.3) is 0 Å². The molecule has 6 nitrogen and oxygen atoms in total. The number of pyridine rings is 1. The van der Waals surface area contributed by atoms with Crippen LogP contribution in [0.4, 0.5) is 20.8 Å². The number of hydrogen-bond acceptors (Lipinski definition) is 4. The molecule has 0 aromatic carbocycles. The molecular weight excluding hydrogens is 241 g/mol. The summed E-state index contributed by atoms with van der Waals surface area (Å²) in [5.41, 5.74) is 0. The first-order valence-corrected chi connectivity index (χ1v) is 5.59. The van der Waals surface area contributed by atoms with Gasteiger partial charge in [0.05, 0.1) is 12.7 Å². The first kappa shape index (κ1) is 12.6. The molecule has 1 aliphatic rings. The predicted octanol–water partition coefficient (Wildman–Crippen LogP) is 1.54. The second-order valence-corrected chi connectivity index (χ2v) is 4.06. The minimum Gasteiger partial charge on any atom is -0.465 e. The molecule has 1 saturated heterocycles.